The Morgan fingerprint density at radius 1 is 1.23 bits per heavy atom. The number of rotatable bonds is 6. The lowest BCUT2D eigenvalue weighted by Gasteiger charge is -2.27. The van der Waals surface area contributed by atoms with Gasteiger partial charge in [-0.2, -0.15) is 0 Å². The van der Waals surface area contributed by atoms with Gasteiger partial charge < -0.3 is 20.4 Å². The fourth-order valence-corrected chi connectivity index (χ4v) is 3.88. The molecule has 1 aromatic carbocycles. The van der Waals surface area contributed by atoms with Crippen LogP contribution in [0.5, 0.6) is 0 Å². The highest BCUT2D eigenvalue weighted by atomic mass is 19.1. The van der Waals surface area contributed by atoms with Crippen LogP contribution in [-0.2, 0) is 0 Å². The number of nitrogens with zero attached hydrogens (tertiary/aromatic N) is 3. The van der Waals surface area contributed by atoms with Crippen LogP contribution in [0.15, 0.2) is 42.7 Å². The van der Waals surface area contributed by atoms with Crippen LogP contribution in [0.25, 0.3) is 5.65 Å². The van der Waals surface area contributed by atoms with Crippen molar-refractivity contribution in [1.29, 1.82) is 0 Å². The molecule has 0 radical (unpaired) electrons. The molecule has 3 N–H and O–H groups in total. The Kier molecular flexibility index (Phi) is 5.65. The number of carbonyl (C=O) groups excluding carboxylic acids is 1. The molecule has 1 atom stereocenters. The van der Waals surface area contributed by atoms with Crippen molar-refractivity contribution in [3.63, 3.8) is 0 Å². The van der Waals surface area contributed by atoms with E-state index in [9.17, 15) is 23.8 Å². The minimum Gasteiger partial charge on any atom is -0.394 e. The molecule has 0 spiro atoms. The molecule has 1 saturated heterocycles. The summed E-state index contributed by atoms with van der Waals surface area (Å²) in [4.78, 5) is 18.8. The molecular weight excluding hydrogens is 394 g/mol. The Balaban J connectivity index is 1.67. The quantitative estimate of drug-likeness (QED) is 0.572. The third-order valence-corrected chi connectivity index (χ3v) is 5.40. The number of amides is 1. The summed E-state index contributed by atoms with van der Waals surface area (Å²) in [6.07, 6.45) is 4.66. The minimum atomic E-state index is -0.773. The van der Waals surface area contributed by atoms with E-state index in [2.05, 4.69) is 10.3 Å². The first-order chi connectivity index (χ1) is 14.5. The van der Waals surface area contributed by atoms with E-state index in [0.29, 0.717) is 24.2 Å². The van der Waals surface area contributed by atoms with Crippen LogP contribution in [0.3, 0.4) is 0 Å². The van der Waals surface area contributed by atoms with Gasteiger partial charge in [-0.3, -0.25) is 9.20 Å². The summed E-state index contributed by atoms with van der Waals surface area (Å²) in [5.74, 6) is -1.41. The third kappa shape index (κ3) is 3.73. The Morgan fingerprint density at radius 2 is 2.03 bits per heavy atom. The summed E-state index contributed by atoms with van der Waals surface area (Å²) in [5.41, 5.74) is 1.85. The summed E-state index contributed by atoms with van der Waals surface area (Å²) in [5, 5.41) is 20.9. The third-order valence-electron chi connectivity index (χ3n) is 5.40. The maximum atomic E-state index is 14.4. The number of carbonyl (C=O) groups is 1. The Hall–Kier alpha value is -3.04. The average molecular weight is 416 g/mol. The predicted molar refractivity (Wildman–Crippen MR) is 106 cm³/mol. The SMILES string of the molecule is O=C(NC(CO)CO)c1cnc2ccc(N3CCCC3c3cc(F)ccc3F)cn12. The van der Waals surface area contributed by atoms with Crippen LogP contribution < -0.4 is 10.2 Å². The van der Waals surface area contributed by atoms with Crippen molar-refractivity contribution in [3.8, 4) is 0 Å². The smallest absolute Gasteiger partial charge is 0.270 e. The van der Waals surface area contributed by atoms with Crippen molar-refractivity contribution in [2.75, 3.05) is 24.7 Å². The van der Waals surface area contributed by atoms with Gasteiger partial charge in [0.15, 0.2) is 0 Å². The van der Waals surface area contributed by atoms with E-state index in [4.69, 9.17) is 0 Å². The number of anilines is 1. The van der Waals surface area contributed by atoms with Crippen molar-refractivity contribution in [1.82, 2.24) is 14.7 Å². The highest BCUT2D eigenvalue weighted by Crippen LogP contribution is 2.37. The maximum Gasteiger partial charge on any atom is 0.270 e. The van der Waals surface area contributed by atoms with Crippen molar-refractivity contribution >= 4 is 17.2 Å². The summed E-state index contributed by atoms with van der Waals surface area (Å²) in [6.45, 7) is -0.114. The van der Waals surface area contributed by atoms with E-state index in [1.807, 2.05) is 11.0 Å². The number of aromatic nitrogens is 2. The molecule has 7 nitrogen and oxygen atoms in total. The molecule has 2 aromatic heterocycles. The Labute approximate surface area is 171 Å². The average Bonchev–Trinajstić information content (AvgIpc) is 3.40. The van der Waals surface area contributed by atoms with E-state index in [0.717, 1.165) is 24.2 Å². The predicted octanol–water partition coefficient (Wildman–Crippen LogP) is 2.04. The number of aliphatic hydroxyl groups excluding tert-OH is 2. The molecule has 9 heteroatoms. The fourth-order valence-electron chi connectivity index (χ4n) is 3.88. The largest absolute Gasteiger partial charge is 0.394 e. The van der Waals surface area contributed by atoms with Gasteiger partial charge in [-0.05, 0) is 43.2 Å². The summed E-state index contributed by atoms with van der Waals surface area (Å²) in [6, 6.07) is 5.98. The number of benzene rings is 1. The molecule has 3 heterocycles. The highest BCUT2D eigenvalue weighted by molar-refractivity contribution is 5.93. The van der Waals surface area contributed by atoms with E-state index in [1.165, 1.54) is 12.3 Å². The number of halogens is 2. The topological polar surface area (TPSA) is 90.1 Å². The van der Waals surface area contributed by atoms with Crippen LogP contribution >= 0.6 is 0 Å². The van der Waals surface area contributed by atoms with Crippen LogP contribution in [0, 0.1) is 11.6 Å². The number of pyridine rings is 1. The normalized spacial score (nSPS) is 16.6. The molecule has 0 saturated carbocycles. The van der Waals surface area contributed by atoms with Gasteiger partial charge >= 0.3 is 0 Å². The van der Waals surface area contributed by atoms with Gasteiger partial charge in [0.2, 0.25) is 0 Å². The van der Waals surface area contributed by atoms with Crippen molar-refractivity contribution < 1.29 is 23.8 Å². The van der Waals surface area contributed by atoms with E-state index >= 15 is 0 Å². The maximum absolute atomic E-state index is 14.4. The second kappa shape index (κ2) is 8.37. The zero-order valence-corrected chi connectivity index (χ0v) is 16.1. The number of nitrogens with one attached hydrogen (secondary N) is 1. The molecule has 1 fully saturated rings. The molecule has 158 valence electrons. The Bertz CT molecular complexity index is 1070. The van der Waals surface area contributed by atoms with Crippen molar-refractivity contribution in [2.24, 2.45) is 0 Å². The van der Waals surface area contributed by atoms with Gasteiger partial charge in [-0.1, -0.05) is 0 Å². The van der Waals surface area contributed by atoms with Gasteiger partial charge in [0.25, 0.3) is 5.91 Å². The lowest BCUT2D eigenvalue weighted by Crippen LogP contribution is -2.40. The lowest BCUT2D eigenvalue weighted by atomic mass is 10.0. The van der Waals surface area contributed by atoms with E-state index in [-0.39, 0.29) is 24.9 Å². The molecule has 1 unspecified atom stereocenters. The molecule has 0 bridgehead atoms. The molecule has 0 aliphatic carbocycles. The van der Waals surface area contributed by atoms with Crippen LogP contribution in [-0.4, -0.2) is 51.3 Å². The van der Waals surface area contributed by atoms with Gasteiger partial charge in [0.05, 0.1) is 37.2 Å². The van der Waals surface area contributed by atoms with Gasteiger partial charge in [-0.25, -0.2) is 13.8 Å². The van der Waals surface area contributed by atoms with E-state index in [1.54, 1.807) is 16.7 Å². The zero-order valence-electron chi connectivity index (χ0n) is 16.1. The molecule has 3 aromatic rings. The summed E-state index contributed by atoms with van der Waals surface area (Å²) < 4.78 is 29.7. The van der Waals surface area contributed by atoms with Gasteiger partial charge in [0, 0.05) is 18.3 Å². The number of hydrogen-bond donors (Lipinski definition) is 3. The molecule has 1 aliphatic rings. The second-order valence-electron chi connectivity index (χ2n) is 7.31. The monoisotopic (exact) mass is 416 g/mol. The van der Waals surface area contributed by atoms with Crippen LogP contribution in [0.1, 0.15) is 34.9 Å². The molecule has 1 aliphatic heterocycles. The molecule has 30 heavy (non-hydrogen) atoms. The number of aliphatic hydroxyl groups is 2. The summed E-state index contributed by atoms with van der Waals surface area (Å²) in [7, 11) is 0. The highest BCUT2D eigenvalue weighted by Gasteiger charge is 2.29. The van der Waals surface area contributed by atoms with E-state index < -0.39 is 23.6 Å². The van der Waals surface area contributed by atoms with Crippen LogP contribution in [0.4, 0.5) is 14.5 Å². The van der Waals surface area contributed by atoms with Crippen LogP contribution in [0.2, 0.25) is 0 Å². The number of fused-ring (bicyclic) bond motifs is 1. The molecular formula is C21H22F2N4O3. The minimum absolute atomic E-state index is 0.242. The molecule has 1 amide bonds. The first-order valence-electron chi connectivity index (χ1n) is 9.73. The first-order valence-corrected chi connectivity index (χ1v) is 9.73. The zero-order chi connectivity index (χ0) is 21.3. The van der Waals surface area contributed by atoms with Crippen molar-refractivity contribution in [3.05, 3.63) is 65.6 Å². The van der Waals surface area contributed by atoms with Gasteiger partial charge in [-0.15, -0.1) is 0 Å². The number of imidazole rings is 1. The lowest BCUT2D eigenvalue weighted by molar-refractivity contribution is 0.0873. The second-order valence-corrected chi connectivity index (χ2v) is 7.31. The summed E-state index contributed by atoms with van der Waals surface area (Å²) >= 11 is 0. The fraction of sp³-hybridized carbons (Fsp3) is 0.333. The molecule has 4 rings (SSSR count). The standard InChI is InChI=1S/C21H22F2N4O3/c22-13-3-5-17(23)16(8-13)18-2-1-7-26(18)15-4-6-20-24-9-19(27(20)10-15)21(30)25-14(11-28)12-29/h3-6,8-10,14,18,28-29H,1-2,7,11-12H2,(H,25,30). The first kappa shape index (κ1) is 20.2. The Morgan fingerprint density at radius 3 is 2.80 bits per heavy atom. The number of hydrogen-bond acceptors (Lipinski definition) is 5. The van der Waals surface area contributed by atoms with Gasteiger partial charge in [0.1, 0.15) is 23.0 Å². The van der Waals surface area contributed by atoms with Crippen molar-refractivity contribution in [2.45, 2.75) is 24.9 Å².